The number of hydrogen-bond donors (Lipinski definition) is 1. The zero-order chi connectivity index (χ0) is 17.2. The molecule has 2 heterocycles. The summed E-state index contributed by atoms with van der Waals surface area (Å²) < 4.78 is 13.1. The fourth-order valence-corrected chi connectivity index (χ4v) is 3.56. The standard InChI is InChI=1S/C19H21FN4O/c20-15-7-5-13(6-8-15)18-21-11-14-12-24(10-9-17(14)23-18)19(25)22-16-3-1-2-4-16/h5-8,11,16H,1-4,9-10,12H2,(H,22,25). The highest BCUT2D eigenvalue weighted by Crippen LogP contribution is 2.22. The lowest BCUT2D eigenvalue weighted by Gasteiger charge is -2.29. The Balaban J connectivity index is 1.46. The van der Waals surface area contributed by atoms with Crippen molar-refractivity contribution in [1.82, 2.24) is 20.2 Å². The average Bonchev–Trinajstić information content (AvgIpc) is 3.14. The lowest BCUT2D eigenvalue weighted by atomic mass is 10.1. The summed E-state index contributed by atoms with van der Waals surface area (Å²) in [5.41, 5.74) is 2.75. The molecule has 2 amide bonds. The molecule has 0 spiro atoms. The van der Waals surface area contributed by atoms with E-state index in [4.69, 9.17) is 0 Å². The summed E-state index contributed by atoms with van der Waals surface area (Å²) in [6, 6.07) is 6.52. The van der Waals surface area contributed by atoms with Crippen LogP contribution in [0.1, 0.15) is 36.9 Å². The van der Waals surface area contributed by atoms with Gasteiger partial charge in [0.25, 0.3) is 0 Å². The molecule has 0 saturated heterocycles. The lowest BCUT2D eigenvalue weighted by Crippen LogP contribution is -2.46. The van der Waals surface area contributed by atoms with Gasteiger partial charge in [-0.1, -0.05) is 12.8 Å². The van der Waals surface area contributed by atoms with E-state index >= 15 is 0 Å². The molecule has 1 aromatic carbocycles. The maximum Gasteiger partial charge on any atom is 0.317 e. The molecular formula is C19H21FN4O. The predicted molar refractivity (Wildman–Crippen MR) is 92.3 cm³/mol. The number of carbonyl (C=O) groups excluding carboxylic acids is 1. The first-order valence-corrected chi connectivity index (χ1v) is 8.85. The van der Waals surface area contributed by atoms with Crippen molar-refractivity contribution in [3.63, 3.8) is 0 Å². The highest BCUT2D eigenvalue weighted by atomic mass is 19.1. The van der Waals surface area contributed by atoms with Crippen LogP contribution in [0, 0.1) is 5.82 Å². The van der Waals surface area contributed by atoms with Gasteiger partial charge in [-0.3, -0.25) is 0 Å². The molecule has 0 bridgehead atoms. The summed E-state index contributed by atoms with van der Waals surface area (Å²) in [6.45, 7) is 1.20. The number of carbonyl (C=O) groups is 1. The summed E-state index contributed by atoms with van der Waals surface area (Å²) in [7, 11) is 0. The minimum Gasteiger partial charge on any atom is -0.335 e. The Bertz CT molecular complexity index is 771. The minimum absolute atomic E-state index is 0.0140. The van der Waals surface area contributed by atoms with Gasteiger partial charge in [0.05, 0.1) is 12.2 Å². The summed E-state index contributed by atoms with van der Waals surface area (Å²) in [6.07, 6.45) is 7.07. The van der Waals surface area contributed by atoms with Gasteiger partial charge in [0.15, 0.2) is 5.82 Å². The molecule has 5 nitrogen and oxygen atoms in total. The second-order valence-corrected chi connectivity index (χ2v) is 6.77. The topological polar surface area (TPSA) is 58.1 Å². The van der Waals surface area contributed by atoms with Crippen LogP contribution in [0.5, 0.6) is 0 Å². The number of nitrogens with zero attached hydrogens (tertiary/aromatic N) is 3. The maximum atomic E-state index is 13.1. The van der Waals surface area contributed by atoms with Crippen LogP contribution in [-0.2, 0) is 13.0 Å². The number of urea groups is 1. The molecule has 130 valence electrons. The molecule has 0 radical (unpaired) electrons. The fourth-order valence-electron chi connectivity index (χ4n) is 3.56. The average molecular weight is 340 g/mol. The summed E-state index contributed by atoms with van der Waals surface area (Å²) >= 11 is 0. The van der Waals surface area contributed by atoms with Crippen LogP contribution in [-0.4, -0.2) is 33.5 Å². The van der Waals surface area contributed by atoms with Crippen molar-refractivity contribution in [3.05, 3.63) is 47.5 Å². The second kappa shape index (κ2) is 6.78. The monoisotopic (exact) mass is 340 g/mol. The van der Waals surface area contributed by atoms with E-state index in [1.165, 1.54) is 25.0 Å². The van der Waals surface area contributed by atoms with E-state index in [0.29, 0.717) is 31.4 Å². The number of fused-ring (bicyclic) bond motifs is 1. The molecule has 4 rings (SSSR count). The van der Waals surface area contributed by atoms with Crippen LogP contribution in [0.2, 0.25) is 0 Å². The third kappa shape index (κ3) is 3.48. The molecule has 1 aliphatic carbocycles. The van der Waals surface area contributed by atoms with Gasteiger partial charge >= 0.3 is 6.03 Å². The number of rotatable bonds is 2. The molecule has 1 saturated carbocycles. The smallest absolute Gasteiger partial charge is 0.317 e. The van der Waals surface area contributed by atoms with Gasteiger partial charge in [0.2, 0.25) is 0 Å². The summed E-state index contributed by atoms with van der Waals surface area (Å²) in [5.74, 6) is 0.327. The van der Waals surface area contributed by atoms with Crippen LogP contribution in [0.15, 0.2) is 30.5 Å². The molecule has 25 heavy (non-hydrogen) atoms. The van der Waals surface area contributed by atoms with Gasteiger partial charge < -0.3 is 10.2 Å². The van der Waals surface area contributed by atoms with Crippen molar-refractivity contribution in [2.75, 3.05) is 6.54 Å². The van der Waals surface area contributed by atoms with Gasteiger partial charge in [-0.2, -0.15) is 0 Å². The Morgan fingerprint density at radius 1 is 1.20 bits per heavy atom. The number of hydrogen-bond acceptors (Lipinski definition) is 3. The van der Waals surface area contributed by atoms with E-state index in [2.05, 4.69) is 15.3 Å². The minimum atomic E-state index is -0.273. The first-order chi connectivity index (χ1) is 12.2. The van der Waals surface area contributed by atoms with Gasteiger partial charge in [0.1, 0.15) is 5.82 Å². The van der Waals surface area contributed by atoms with Crippen molar-refractivity contribution in [3.8, 4) is 11.4 Å². The largest absolute Gasteiger partial charge is 0.335 e. The highest BCUT2D eigenvalue weighted by molar-refractivity contribution is 5.75. The van der Waals surface area contributed by atoms with Crippen LogP contribution in [0.4, 0.5) is 9.18 Å². The molecular weight excluding hydrogens is 319 g/mol. The maximum absolute atomic E-state index is 13.1. The molecule has 1 aromatic heterocycles. The number of nitrogens with one attached hydrogen (secondary N) is 1. The van der Waals surface area contributed by atoms with E-state index in [-0.39, 0.29) is 11.8 Å². The van der Waals surface area contributed by atoms with E-state index in [0.717, 1.165) is 29.7 Å². The third-order valence-electron chi connectivity index (χ3n) is 5.01. The van der Waals surface area contributed by atoms with Crippen LogP contribution < -0.4 is 5.32 Å². The van der Waals surface area contributed by atoms with Crippen molar-refractivity contribution in [2.24, 2.45) is 0 Å². The molecule has 0 unspecified atom stereocenters. The quantitative estimate of drug-likeness (QED) is 0.913. The molecule has 1 N–H and O–H groups in total. The van der Waals surface area contributed by atoms with E-state index in [1.54, 1.807) is 18.3 Å². The van der Waals surface area contributed by atoms with Crippen LogP contribution >= 0.6 is 0 Å². The molecule has 6 heteroatoms. The normalized spacial score (nSPS) is 17.4. The van der Waals surface area contributed by atoms with Crippen molar-refractivity contribution < 1.29 is 9.18 Å². The Morgan fingerprint density at radius 2 is 1.96 bits per heavy atom. The fraction of sp³-hybridized carbons (Fsp3) is 0.421. The first kappa shape index (κ1) is 16.0. The van der Waals surface area contributed by atoms with E-state index in [9.17, 15) is 9.18 Å². The number of aromatic nitrogens is 2. The van der Waals surface area contributed by atoms with Crippen LogP contribution in [0.25, 0.3) is 11.4 Å². The van der Waals surface area contributed by atoms with Gasteiger partial charge in [0, 0.05) is 36.3 Å². The Hall–Kier alpha value is -2.50. The first-order valence-electron chi connectivity index (χ1n) is 8.85. The van der Waals surface area contributed by atoms with Gasteiger partial charge in [-0.15, -0.1) is 0 Å². The van der Waals surface area contributed by atoms with Crippen LogP contribution in [0.3, 0.4) is 0 Å². The van der Waals surface area contributed by atoms with Crippen molar-refractivity contribution in [1.29, 1.82) is 0 Å². The zero-order valence-corrected chi connectivity index (χ0v) is 14.0. The van der Waals surface area contributed by atoms with E-state index < -0.39 is 0 Å². The highest BCUT2D eigenvalue weighted by Gasteiger charge is 2.25. The summed E-state index contributed by atoms with van der Waals surface area (Å²) in [4.78, 5) is 23.3. The van der Waals surface area contributed by atoms with Crippen molar-refractivity contribution >= 4 is 6.03 Å². The zero-order valence-electron chi connectivity index (χ0n) is 14.0. The van der Waals surface area contributed by atoms with Gasteiger partial charge in [-0.05, 0) is 37.1 Å². The molecule has 2 aromatic rings. The number of amides is 2. The second-order valence-electron chi connectivity index (χ2n) is 6.77. The Kier molecular flexibility index (Phi) is 4.34. The Morgan fingerprint density at radius 3 is 2.72 bits per heavy atom. The predicted octanol–water partition coefficient (Wildman–Crippen LogP) is 3.29. The van der Waals surface area contributed by atoms with Crippen molar-refractivity contribution in [2.45, 2.75) is 44.7 Å². The lowest BCUT2D eigenvalue weighted by molar-refractivity contribution is 0.188. The molecule has 0 atom stereocenters. The molecule has 2 aliphatic rings. The molecule has 1 fully saturated rings. The Labute approximate surface area is 146 Å². The SMILES string of the molecule is O=C(NC1CCCC1)N1CCc2nc(-c3ccc(F)cc3)ncc2C1. The third-order valence-corrected chi connectivity index (χ3v) is 5.01. The van der Waals surface area contributed by atoms with Gasteiger partial charge in [-0.25, -0.2) is 19.2 Å². The number of benzene rings is 1. The summed E-state index contributed by atoms with van der Waals surface area (Å²) in [5, 5.41) is 3.13. The molecule has 1 aliphatic heterocycles. The number of halogens is 1. The van der Waals surface area contributed by atoms with E-state index in [1.807, 2.05) is 4.90 Å².